The number of carbonyl (C=O) groups excluding carboxylic acids is 2. The molecule has 1 saturated carbocycles. The van der Waals surface area contributed by atoms with E-state index in [1.54, 1.807) is 0 Å². The van der Waals surface area contributed by atoms with Gasteiger partial charge in [0.2, 0.25) is 11.8 Å². The van der Waals surface area contributed by atoms with E-state index < -0.39 is 67.9 Å². The van der Waals surface area contributed by atoms with Crippen molar-refractivity contribution < 1.29 is 53.1 Å². The maximum atomic E-state index is 14.9. The van der Waals surface area contributed by atoms with E-state index in [-0.39, 0.29) is 60.5 Å². The summed E-state index contributed by atoms with van der Waals surface area (Å²) in [5.41, 5.74) is -7.74. The van der Waals surface area contributed by atoms with Gasteiger partial charge in [0, 0.05) is 23.9 Å². The molecule has 4 atom stereocenters. The number of benzene rings is 2. The second kappa shape index (κ2) is 9.91. The van der Waals surface area contributed by atoms with Gasteiger partial charge >= 0.3 is 18.0 Å². The van der Waals surface area contributed by atoms with Crippen molar-refractivity contribution in [3.63, 3.8) is 0 Å². The van der Waals surface area contributed by atoms with E-state index in [4.69, 9.17) is 0 Å². The SMILES string of the molecule is O=C1CCC(C(=O)N[C@@H]2CC[C@@]3(S(=O)(=O)c4ccc(F)cc4)c4ccc(C(F)(C(F)(F)F)C(F)(F)F)cc4CC[C@@H]23)N1. The minimum atomic E-state index is -6.35. The number of amides is 2. The Morgan fingerprint density at radius 2 is 1.55 bits per heavy atom. The first-order chi connectivity index (χ1) is 19.4. The van der Waals surface area contributed by atoms with Crippen molar-refractivity contribution in [3.05, 3.63) is 65.0 Å². The lowest BCUT2D eigenvalue weighted by Gasteiger charge is -2.43. The monoisotopic (exact) mass is 624 g/mol. The minimum Gasteiger partial charge on any atom is -0.351 e. The van der Waals surface area contributed by atoms with Gasteiger partial charge in [-0.25, -0.2) is 17.2 Å². The summed E-state index contributed by atoms with van der Waals surface area (Å²) in [6.07, 6.45) is -12.8. The fourth-order valence-electron chi connectivity index (χ4n) is 6.65. The van der Waals surface area contributed by atoms with Gasteiger partial charge in [-0.15, -0.1) is 0 Å². The summed E-state index contributed by atoms with van der Waals surface area (Å²) in [6.45, 7) is 0. The Morgan fingerprint density at radius 1 is 0.905 bits per heavy atom. The lowest BCUT2D eigenvalue weighted by atomic mass is 9.74. The van der Waals surface area contributed by atoms with Crippen molar-refractivity contribution in [2.75, 3.05) is 0 Å². The number of alkyl halides is 7. The third-order valence-corrected chi connectivity index (χ3v) is 11.2. The molecule has 2 fully saturated rings. The van der Waals surface area contributed by atoms with Gasteiger partial charge < -0.3 is 10.6 Å². The summed E-state index contributed by atoms with van der Waals surface area (Å²) in [4.78, 5) is 24.1. The summed E-state index contributed by atoms with van der Waals surface area (Å²) in [5.74, 6) is -2.53. The average Bonchev–Trinajstić information content (AvgIpc) is 3.51. The lowest BCUT2D eigenvalue weighted by Crippen LogP contribution is -2.52. The molecule has 1 saturated heterocycles. The van der Waals surface area contributed by atoms with Gasteiger partial charge in [-0.3, -0.25) is 9.59 Å². The Kier molecular flexibility index (Phi) is 7.14. The molecule has 0 aromatic heterocycles. The Morgan fingerprint density at radius 3 is 2.12 bits per heavy atom. The molecule has 2 N–H and O–H groups in total. The van der Waals surface area contributed by atoms with Crippen LogP contribution in [-0.4, -0.2) is 44.7 Å². The fraction of sp³-hybridized carbons (Fsp3) is 0.481. The van der Waals surface area contributed by atoms with E-state index in [9.17, 15) is 53.1 Å². The Bertz CT molecular complexity index is 1510. The second-order valence-electron chi connectivity index (χ2n) is 10.8. The molecule has 1 unspecified atom stereocenters. The van der Waals surface area contributed by atoms with Crippen molar-refractivity contribution in [2.45, 2.75) is 78.3 Å². The summed E-state index contributed by atoms with van der Waals surface area (Å²) in [5, 5.41) is 5.28. The number of hydrogen-bond acceptors (Lipinski definition) is 4. The molecular weight excluding hydrogens is 600 g/mol. The van der Waals surface area contributed by atoms with Crippen molar-refractivity contribution in [2.24, 2.45) is 5.92 Å². The highest BCUT2D eigenvalue weighted by Gasteiger charge is 2.73. The molecule has 2 amide bonds. The molecular formula is C27H24F8N2O4S. The molecule has 228 valence electrons. The number of sulfone groups is 1. The standard InChI is InChI=1S/C27H24F8N2O4S/c28-16-3-5-17(6-4-16)42(40,41)24-12-11-20(37-23(39)21-9-10-22(38)36-21)19(24)7-1-14-13-15(2-8-18(14)24)25(29,26(30,31)32)27(33,34)35/h2-6,8,13,19-21H,1,7,9-12H2,(H,36,38)(H,37,39)/t19-,20+,21?,24+/m0/s1. The normalized spacial score (nSPS) is 26.4. The van der Waals surface area contributed by atoms with Gasteiger partial charge in [-0.05, 0) is 67.5 Å². The molecule has 2 aromatic rings. The van der Waals surface area contributed by atoms with E-state index in [2.05, 4.69) is 10.6 Å². The van der Waals surface area contributed by atoms with Crippen LogP contribution in [-0.2, 0) is 36.3 Å². The summed E-state index contributed by atoms with van der Waals surface area (Å²) in [7, 11) is -4.52. The van der Waals surface area contributed by atoms with Crippen LogP contribution in [0.25, 0.3) is 0 Å². The molecule has 15 heteroatoms. The highest BCUT2D eigenvalue weighted by Crippen LogP contribution is 2.59. The zero-order chi connectivity index (χ0) is 30.9. The van der Waals surface area contributed by atoms with Crippen LogP contribution in [0.1, 0.15) is 48.8 Å². The lowest BCUT2D eigenvalue weighted by molar-refractivity contribution is -0.348. The quantitative estimate of drug-likeness (QED) is 0.366. The summed E-state index contributed by atoms with van der Waals surface area (Å²) in [6, 6.07) is 3.64. The van der Waals surface area contributed by atoms with Crippen LogP contribution in [0, 0.1) is 11.7 Å². The predicted molar refractivity (Wildman–Crippen MR) is 131 cm³/mol. The maximum absolute atomic E-state index is 14.9. The third kappa shape index (κ3) is 4.45. The molecule has 2 aliphatic carbocycles. The number of nitrogens with one attached hydrogen (secondary N) is 2. The maximum Gasteiger partial charge on any atom is 0.435 e. The van der Waals surface area contributed by atoms with Gasteiger partial charge in [-0.2, -0.15) is 26.3 Å². The first-order valence-corrected chi connectivity index (χ1v) is 14.5. The molecule has 42 heavy (non-hydrogen) atoms. The molecule has 0 spiro atoms. The smallest absolute Gasteiger partial charge is 0.351 e. The second-order valence-corrected chi connectivity index (χ2v) is 13.0. The molecule has 2 aromatic carbocycles. The van der Waals surface area contributed by atoms with Gasteiger partial charge in [-0.1, -0.05) is 18.2 Å². The van der Waals surface area contributed by atoms with E-state index in [1.165, 1.54) is 0 Å². The Balaban J connectivity index is 1.63. The van der Waals surface area contributed by atoms with E-state index in [0.717, 1.165) is 30.3 Å². The molecule has 6 nitrogen and oxygen atoms in total. The van der Waals surface area contributed by atoms with E-state index >= 15 is 0 Å². The van der Waals surface area contributed by atoms with Crippen LogP contribution in [0.15, 0.2) is 47.4 Å². The highest BCUT2D eigenvalue weighted by atomic mass is 32.2. The number of halogens is 8. The van der Waals surface area contributed by atoms with Gasteiger partial charge in [0.05, 0.1) is 4.90 Å². The largest absolute Gasteiger partial charge is 0.435 e. The van der Waals surface area contributed by atoms with Gasteiger partial charge in [0.25, 0.3) is 0 Å². The average molecular weight is 625 g/mol. The van der Waals surface area contributed by atoms with Crippen molar-refractivity contribution in [1.82, 2.24) is 10.6 Å². The van der Waals surface area contributed by atoms with E-state index in [0.29, 0.717) is 12.1 Å². The zero-order valence-corrected chi connectivity index (χ0v) is 22.4. The molecule has 1 aliphatic heterocycles. The first-order valence-electron chi connectivity index (χ1n) is 13.0. The number of aryl methyl sites for hydroxylation is 1. The van der Waals surface area contributed by atoms with Crippen molar-refractivity contribution >= 4 is 21.7 Å². The molecule has 3 aliphatic rings. The highest BCUT2D eigenvalue weighted by molar-refractivity contribution is 7.92. The number of carbonyl (C=O) groups is 2. The van der Waals surface area contributed by atoms with Gasteiger partial charge in [0.15, 0.2) is 9.84 Å². The summed E-state index contributed by atoms with van der Waals surface area (Å²) < 4.78 is 136. The first kappa shape index (κ1) is 30.2. The van der Waals surface area contributed by atoms with Crippen LogP contribution in [0.5, 0.6) is 0 Å². The van der Waals surface area contributed by atoms with Gasteiger partial charge in [0.1, 0.15) is 16.6 Å². The number of rotatable bonds is 5. The molecule has 0 bridgehead atoms. The van der Waals surface area contributed by atoms with Crippen LogP contribution in [0.4, 0.5) is 35.1 Å². The van der Waals surface area contributed by atoms with Crippen LogP contribution >= 0.6 is 0 Å². The fourth-order valence-corrected chi connectivity index (χ4v) is 9.12. The summed E-state index contributed by atoms with van der Waals surface area (Å²) >= 11 is 0. The van der Waals surface area contributed by atoms with Crippen LogP contribution in [0.2, 0.25) is 0 Å². The van der Waals surface area contributed by atoms with Crippen molar-refractivity contribution in [1.29, 1.82) is 0 Å². The molecule has 5 rings (SSSR count). The minimum absolute atomic E-state index is 0.0663. The van der Waals surface area contributed by atoms with E-state index in [1.807, 2.05) is 0 Å². The Hall–Kier alpha value is -3.23. The molecule has 0 radical (unpaired) electrons. The predicted octanol–water partition coefficient (Wildman–Crippen LogP) is 4.90. The molecule has 1 heterocycles. The Labute approximate surface area is 234 Å². The van der Waals surface area contributed by atoms with Crippen molar-refractivity contribution in [3.8, 4) is 0 Å². The number of hydrogen-bond donors (Lipinski definition) is 2. The topological polar surface area (TPSA) is 92.3 Å². The zero-order valence-electron chi connectivity index (χ0n) is 21.6. The third-order valence-electron chi connectivity index (χ3n) is 8.62. The van der Waals surface area contributed by atoms with Crippen LogP contribution in [0.3, 0.4) is 0 Å². The van der Waals surface area contributed by atoms with Crippen LogP contribution < -0.4 is 10.6 Å². The number of fused-ring (bicyclic) bond motifs is 3.